The number of anilines is 1. The predicted octanol–water partition coefficient (Wildman–Crippen LogP) is 3.38. The van der Waals surface area contributed by atoms with Gasteiger partial charge in [-0.15, -0.1) is 0 Å². The Morgan fingerprint density at radius 1 is 1.04 bits per heavy atom. The monoisotopic (exact) mass is 379 g/mol. The number of ether oxygens (including phenoxy) is 1. The van der Waals surface area contributed by atoms with Crippen molar-refractivity contribution in [1.29, 1.82) is 0 Å². The molecule has 1 N–H and O–H groups in total. The number of likely N-dealkylation sites (tertiary alicyclic amines) is 2. The van der Waals surface area contributed by atoms with E-state index < -0.39 is 0 Å². The summed E-state index contributed by atoms with van der Waals surface area (Å²) in [4.78, 5) is 28.8. The highest BCUT2D eigenvalue weighted by molar-refractivity contribution is 5.89. The van der Waals surface area contributed by atoms with Crippen molar-refractivity contribution in [2.45, 2.75) is 13.0 Å². The average Bonchev–Trinajstić information content (AvgIpc) is 3.27. The van der Waals surface area contributed by atoms with Gasteiger partial charge in [-0.05, 0) is 17.7 Å². The Bertz CT molecular complexity index is 870. The van der Waals surface area contributed by atoms with Crippen LogP contribution in [0.25, 0.3) is 0 Å². The molecule has 0 saturated carbocycles. The number of carbonyl (C=O) groups excluding carboxylic acids is 2. The van der Waals surface area contributed by atoms with E-state index in [1.807, 2.05) is 46.2 Å². The second-order valence-electron chi connectivity index (χ2n) is 7.52. The maximum atomic E-state index is 12.8. The van der Waals surface area contributed by atoms with Crippen LogP contribution in [0.1, 0.15) is 18.5 Å². The molecule has 0 radical (unpaired) electrons. The summed E-state index contributed by atoms with van der Waals surface area (Å²) in [5.74, 6) is 1.35. The van der Waals surface area contributed by atoms with Gasteiger partial charge in [-0.3, -0.25) is 4.79 Å². The van der Waals surface area contributed by atoms with Gasteiger partial charge in [0.15, 0.2) is 0 Å². The Balaban J connectivity index is 1.49. The first-order valence-corrected chi connectivity index (χ1v) is 9.59. The van der Waals surface area contributed by atoms with E-state index in [0.717, 1.165) is 5.56 Å². The molecule has 146 valence electrons. The highest BCUT2D eigenvalue weighted by atomic mass is 16.5. The molecule has 6 nitrogen and oxygen atoms in total. The van der Waals surface area contributed by atoms with Gasteiger partial charge < -0.3 is 19.9 Å². The Kier molecular flexibility index (Phi) is 4.94. The summed E-state index contributed by atoms with van der Waals surface area (Å²) >= 11 is 0. The van der Waals surface area contributed by atoms with E-state index >= 15 is 0 Å². The molecule has 0 spiro atoms. The van der Waals surface area contributed by atoms with Crippen LogP contribution < -0.4 is 10.1 Å². The van der Waals surface area contributed by atoms with Crippen LogP contribution in [0.15, 0.2) is 54.6 Å². The number of carbonyl (C=O) groups is 2. The maximum absolute atomic E-state index is 12.8. The molecule has 2 fully saturated rings. The molecular weight excluding hydrogens is 354 g/mol. The van der Waals surface area contributed by atoms with E-state index in [9.17, 15) is 9.59 Å². The van der Waals surface area contributed by atoms with Gasteiger partial charge in [-0.2, -0.15) is 0 Å². The molecule has 2 heterocycles. The molecule has 0 aromatic heterocycles. The molecule has 28 heavy (non-hydrogen) atoms. The van der Waals surface area contributed by atoms with Crippen molar-refractivity contribution < 1.29 is 14.3 Å². The highest BCUT2D eigenvalue weighted by Gasteiger charge is 2.49. The van der Waals surface area contributed by atoms with Gasteiger partial charge in [0.05, 0.1) is 13.2 Å². The summed E-state index contributed by atoms with van der Waals surface area (Å²) < 4.78 is 5.22. The van der Waals surface area contributed by atoms with Crippen molar-refractivity contribution in [2.75, 3.05) is 32.1 Å². The molecule has 2 saturated heterocycles. The first kappa shape index (κ1) is 18.3. The second kappa shape index (κ2) is 7.54. The van der Waals surface area contributed by atoms with Crippen LogP contribution in [0.2, 0.25) is 0 Å². The molecule has 3 atom stereocenters. The summed E-state index contributed by atoms with van der Waals surface area (Å²) in [7, 11) is 1.60. The molecule has 2 aliphatic heterocycles. The lowest BCUT2D eigenvalue weighted by Gasteiger charge is -2.29. The first-order chi connectivity index (χ1) is 13.6. The zero-order chi connectivity index (χ0) is 19.7. The quantitative estimate of drug-likeness (QED) is 0.889. The maximum Gasteiger partial charge on any atom is 0.321 e. The number of fused-ring (bicyclic) bond motifs is 1. The van der Waals surface area contributed by atoms with Crippen LogP contribution in [-0.2, 0) is 4.79 Å². The molecule has 0 bridgehead atoms. The fourth-order valence-electron chi connectivity index (χ4n) is 4.52. The third-order valence-electron chi connectivity index (χ3n) is 5.82. The predicted molar refractivity (Wildman–Crippen MR) is 107 cm³/mol. The van der Waals surface area contributed by atoms with Crippen LogP contribution in [0.4, 0.5) is 10.5 Å². The Morgan fingerprint density at radius 2 is 1.82 bits per heavy atom. The van der Waals surface area contributed by atoms with Gasteiger partial charge in [-0.1, -0.05) is 36.4 Å². The number of benzene rings is 2. The van der Waals surface area contributed by atoms with Crippen molar-refractivity contribution in [3.8, 4) is 5.75 Å². The molecule has 2 aromatic carbocycles. The first-order valence-electron chi connectivity index (χ1n) is 9.59. The molecule has 2 aliphatic rings. The van der Waals surface area contributed by atoms with Crippen LogP contribution >= 0.6 is 0 Å². The van der Waals surface area contributed by atoms with Crippen LogP contribution in [0, 0.1) is 11.8 Å². The number of nitrogens with zero attached hydrogens (tertiary/aromatic N) is 2. The summed E-state index contributed by atoms with van der Waals surface area (Å²) in [6.45, 7) is 3.63. The Labute approximate surface area is 165 Å². The smallest absolute Gasteiger partial charge is 0.321 e. The zero-order valence-electron chi connectivity index (χ0n) is 16.2. The minimum absolute atomic E-state index is 0.0262. The summed E-state index contributed by atoms with van der Waals surface area (Å²) in [5, 5.41) is 2.96. The number of amides is 3. The van der Waals surface area contributed by atoms with Crippen molar-refractivity contribution in [3.63, 3.8) is 0 Å². The summed E-state index contributed by atoms with van der Waals surface area (Å²) in [6, 6.07) is 17.4. The van der Waals surface area contributed by atoms with Crippen molar-refractivity contribution in [1.82, 2.24) is 9.80 Å². The van der Waals surface area contributed by atoms with E-state index in [-0.39, 0.29) is 23.9 Å². The van der Waals surface area contributed by atoms with Crippen LogP contribution in [0.3, 0.4) is 0 Å². The van der Waals surface area contributed by atoms with Gasteiger partial charge >= 0.3 is 6.03 Å². The lowest BCUT2D eigenvalue weighted by atomic mass is 9.89. The Morgan fingerprint density at radius 3 is 2.54 bits per heavy atom. The Hall–Kier alpha value is -3.02. The fourth-order valence-corrected chi connectivity index (χ4v) is 4.52. The molecule has 0 unspecified atom stereocenters. The standard InChI is InChI=1S/C22H25N3O3/c1-15(26)25-13-17-12-24(14-20(17)21(25)16-7-4-3-5-8-16)22(27)23-18-9-6-10-19(11-18)28-2/h3-11,17,20-21H,12-14H2,1-2H3,(H,23,27)/t17-,20-,21-/m1/s1. The molecule has 3 amide bonds. The normalized spacial score (nSPS) is 23.4. The number of rotatable bonds is 3. The van der Waals surface area contributed by atoms with Crippen molar-refractivity contribution in [3.05, 3.63) is 60.2 Å². The average molecular weight is 379 g/mol. The van der Waals surface area contributed by atoms with E-state index in [1.54, 1.807) is 20.1 Å². The highest BCUT2D eigenvalue weighted by Crippen LogP contribution is 2.45. The molecule has 0 aliphatic carbocycles. The van der Waals surface area contributed by atoms with Crippen LogP contribution in [-0.4, -0.2) is 48.5 Å². The van der Waals surface area contributed by atoms with Crippen LogP contribution in [0.5, 0.6) is 5.75 Å². The second-order valence-corrected chi connectivity index (χ2v) is 7.52. The number of hydrogen-bond acceptors (Lipinski definition) is 3. The molecular formula is C22H25N3O3. The van der Waals surface area contributed by atoms with Gasteiger partial charge in [0.25, 0.3) is 0 Å². The van der Waals surface area contributed by atoms with E-state index in [0.29, 0.717) is 37.0 Å². The minimum Gasteiger partial charge on any atom is -0.497 e. The van der Waals surface area contributed by atoms with Gasteiger partial charge in [0, 0.05) is 50.1 Å². The third kappa shape index (κ3) is 3.42. The van der Waals surface area contributed by atoms with Gasteiger partial charge in [0.2, 0.25) is 5.91 Å². The number of nitrogens with one attached hydrogen (secondary N) is 1. The molecule has 2 aromatic rings. The molecule has 6 heteroatoms. The summed E-state index contributed by atoms with van der Waals surface area (Å²) in [5.41, 5.74) is 1.85. The number of methoxy groups -OCH3 is 1. The fraction of sp³-hybridized carbons (Fsp3) is 0.364. The lowest BCUT2D eigenvalue weighted by Crippen LogP contribution is -2.38. The SMILES string of the molecule is COc1cccc(NC(=O)N2C[C@@H]3CN(C(C)=O)[C@H](c4ccccc4)[C@@H]3C2)c1. The van der Waals surface area contributed by atoms with E-state index in [4.69, 9.17) is 4.74 Å². The topological polar surface area (TPSA) is 61.9 Å². The van der Waals surface area contributed by atoms with Crippen molar-refractivity contribution >= 4 is 17.6 Å². The van der Waals surface area contributed by atoms with E-state index in [1.165, 1.54) is 0 Å². The minimum atomic E-state index is -0.108. The zero-order valence-corrected chi connectivity index (χ0v) is 16.2. The lowest BCUT2D eigenvalue weighted by molar-refractivity contribution is -0.130. The van der Waals surface area contributed by atoms with Gasteiger partial charge in [0.1, 0.15) is 5.75 Å². The largest absolute Gasteiger partial charge is 0.497 e. The third-order valence-corrected chi connectivity index (χ3v) is 5.82. The van der Waals surface area contributed by atoms with Gasteiger partial charge in [-0.25, -0.2) is 4.79 Å². The van der Waals surface area contributed by atoms with E-state index in [2.05, 4.69) is 17.4 Å². The number of urea groups is 1. The van der Waals surface area contributed by atoms with Crippen molar-refractivity contribution in [2.24, 2.45) is 11.8 Å². The summed E-state index contributed by atoms with van der Waals surface area (Å²) in [6.07, 6.45) is 0. The number of hydrogen-bond donors (Lipinski definition) is 1. The molecule has 4 rings (SSSR count).